The summed E-state index contributed by atoms with van der Waals surface area (Å²) >= 11 is 0. The molecule has 1 heterocycles. The van der Waals surface area contributed by atoms with Gasteiger partial charge < -0.3 is 5.32 Å². The summed E-state index contributed by atoms with van der Waals surface area (Å²) in [6, 6.07) is 7.50. The highest BCUT2D eigenvalue weighted by Gasteiger charge is 2.24. The van der Waals surface area contributed by atoms with Crippen LogP contribution in [0.1, 0.15) is 45.7 Å². The van der Waals surface area contributed by atoms with Crippen molar-refractivity contribution in [3.05, 3.63) is 29.3 Å². The third-order valence-electron chi connectivity index (χ3n) is 3.56. The molecule has 0 saturated heterocycles. The summed E-state index contributed by atoms with van der Waals surface area (Å²) in [7, 11) is 0. The smallest absolute Gasteiger partial charge is 0.0376 e. The maximum Gasteiger partial charge on any atom is 0.0376 e. The second kappa shape index (κ2) is 3.80. The van der Waals surface area contributed by atoms with E-state index < -0.39 is 0 Å². The van der Waals surface area contributed by atoms with Gasteiger partial charge in [-0.15, -0.1) is 0 Å². The molecule has 1 N–H and O–H groups in total. The molecule has 0 saturated carbocycles. The maximum absolute atomic E-state index is 3.61. The van der Waals surface area contributed by atoms with E-state index in [1.165, 1.54) is 23.2 Å². The van der Waals surface area contributed by atoms with Crippen molar-refractivity contribution >= 4 is 5.69 Å². The Morgan fingerprint density at radius 1 is 1.25 bits per heavy atom. The second-order valence-electron chi connectivity index (χ2n) is 6.32. The molecule has 1 aromatic rings. The number of hydrogen-bond acceptors (Lipinski definition) is 1. The van der Waals surface area contributed by atoms with Gasteiger partial charge in [-0.3, -0.25) is 0 Å². The van der Waals surface area contributed by atoms with Crippen molar-refractivity contribution in [3.8, 4) is 0 Å². The molecule has 88 valence electrons. The molecule has 1 aromatic carbocycles. The third-order valence-corrected chi connectivity index (χ3v) is 3.56. The highest BCUT2D eigenvalue weighted by atomic mass is 15.0. The summed E-state index contributed by atoms with van der Waals surface area (Å²) in [6.07, 6.45) is 1.18. The molecule has 1 aliphatic heterocycles. The van der Waals surface area contributed by atoms with Crippen molar-refractivity contribution in [2.24, 2.45) is 5.92 Å². The van der Waals surface area contributed by atoms with E-state index in [0.717, 1.165) is 0 Å². The summed E-state index contributed by atoms with van der Waals surface area (Å²) < 4.78 is 0. The Kier molecular flexibility index (Phi) is 2.73. The van der Waals surface area contributed by atoms with Crippen LogP contribution in [-0.4, -0.2) is 6.04 Å². The molecule has 16 heavy (non-hydrogen) atoms. The molecule has 1 heteroatoms. The molecule has 0 amide bonds. The van der Waals surface area contributed by atoms with Crippen molar-refractivity contribution in [1.82, 2.24) is 0 Å². The number of fused-ring (bicyclic) bond motifs is 1. The Morgan fingerprint density at radius 2 is 1.94 bits per heavy atom. The first-order chi connectivity index (χ1) is 7.38. The summed E-state index contributed by atoms with van der Waals surface area (Å²) in [4.78, 5) is 0. The van der Waals surface area contributed by atoms with E-state index in [2.05, 4.69) is 58.1 Å². The lowest BCUT2D eigenvalue weighted by Gasteiger charge is -2.19. The normalized spacial score (nSPS) is 19.8. The lowest BCUT2D eigenvalue weighted by Crippen LogP contribution is -2.21. The minimum absolute atomic E-state index is 0.255. The number of rotatable bonds is 1. The van der Waals surface area contributed by atoms with Crippen molar-refractivity contribution in [2.45, 2.75) is 52.5 Å². The SMILES string of the molecule is CC(C)C1Cc2cc(C(C)(C)C)ccc2N1. The Bertz CT molecular complexity index is 385. The van der Waals surface area contributed by atoms with Crippen LogP contribution in [0.4, 0.5) is 5.69 Å². The molecule has 0 fully saturated rings. The van der Waals surface area contributed by atoms with E-state index in [-0.39, 0.29) is 5.41 Å². The Hall–Kier alpha value is -0.980. The highest BCUT2D eigenvalue weighted by Crippen LogP contribution is 2.33. The highest BCUT2D eigenvalue weighted by molar-refractivity contribution is 5.58. The molecule has 1 nitrogen and oxygen atoms in total. The van der Waals surface area contributed by atoms with Crippen LogP contribution in [0.2, 0.25) is 0 Å². The molecule has 1 unspecified atom stereocenters. The fraction of sp³-hybridized carbons (Fsp3) is 0.600. The number of hydrogen-bond donors (Lipinski definition) is 1. The van der Waals surface area contributed by atoms with Crippen molar-refractivity contribution in [2.75, 3.05) is 5.32 Å². The van der Waals surface area contributed by atoms with Crippen LogP contribution in [0.15, 0.2) is 18.2 Å². The monoisotopic (exact) mass is 217 g/mol. The van der Waals surface area contributed by atoms with E-state index >= 15 is 0 Å². The fourth-order valence-corrected chi connectivity index (χ4v) is 2.26. The molecule has 2 rings (SSSR count). The van der Waals surface area contributed by atoms with Gasteiger partial charge in [0.1, 0.15) is 0 Å². The minimum Gasteiger partial charge on any atom is -0.381 e. The lowest BCUT2D eigenvalue weighted by atomic mass is 9.85. The average Bonchev–Trinajstić information content (AvgIpc) is 2.58. The van der Waals surface area contributed by atoms with Gasteiger partial charge in [0.15, 0.2) is 0 Å². The predicted molar refractivity (Wildman–Crippen MR) is 71.1 cm³/mol. The van der Waals surface area contributed by atoms with Crippen molar-refractivity contribution in [1.29, 1.82) is 0 Å². The molecule has 0 radical (unpaired) electrons. The van der Waals surface area contributed by atoms with Crippen molar-refractivity contribution < 1.29 is 0 Å². The van der Waals surface area contributed by atoms with E-state index in [9.17, 15) is 0 Å². The molecule has 0 aliphatic carbocycles. The van der Waals surface area contributed by atoms with Gasteiger partial charge in [-0.05, 0) is 34.9 Å². The molecule has 0 aromatic heterocycles. The third kappa shape index (κ3) is 2.09. The first-order valence-corrected chi connectivity index (χ1v) is 6.28. The quantitative estimate of drug-likeness (QED) is 0.750. The second-order valence-corrected chi connectivity index (χ2v) is 6.32. The Morgan fingerprint density at radius 3 is 2.50 bits per heavy atom. The number of anilines is 1. The molecular weight excluding hydrogens is 194 g/mol. The van der Waals surface area contributed by atoms with Crippen LogP contribution in [0.5, 0.6) is 0 Å². The zero-order chi connectivity index (χ0) is 11.9. The van der Waals surface area contributed by atoms with Crippen molar-refractivity contribution in [3.63, 3.8) is 0 Å². The molecular formula is C15H23N. The van der Waals surface area contributed by atoms with Gasteiger partial charge in [0.05, 0.1) is 0 Å². The van der Waals surface area contributed by atoms with Crippen LogP contribution >= 0.6 is 0 Å². The number of benzene rings is 1. The predicted octanol–water partition coefficient (Wildman–Crippen LogP) is 3.98. The van der Waals surface area contributed by atoms with Gasteiger partial charge in [0.2, 0.25) is 0 Å². The molecule has 1 aliphatic rings. The van der Waals surface area contributed by atoms with Gasteiger partial charge >= 0.3 is 0 Å². The van der Waals surface area contributed by atoms with E-state index in [4.69, 9.17) is 0 Å². The summed E-state index contributed by atoms with van der Waals surface area (Å²) in [5.74, 6) is 0.700. The van der Waals surface area contributed by atoms with Gasteiger partial charge in [0.25, 0.3) is 0 Å². The Balaban J connectivity index is 2.28. The Labute approximate surface area is 99.3 Å². The first-order valence-electron chi connectivity index (χ1n) is 6.28. The zero-order valence-electron chi connectivity index (χ0n) is 11.1. The van der Waals surface area contributed by atoms with Crippen LogP contribution in [0, 0.1) is 5.92 Å². The zero-order valence-corrected chi connectivity index (χ0v) is 11.1. The maximum atomic E-state index is 3.61. The standard InChI is InChI=1S/C15H23N/c1-10(2)14-9-11-8-12(15(3,4)5)6-7-13(11)16-14/h6-8,10,14,16H,9H2,1-5H3. The number of nitrogens with one attached hydrogen (secondary N) is 1. The topological polar surface area (TPSA) is 12.0 Å². The van der Waals surface area contributed by atoms with Gasteiger partial charge in [-0.1, -0.05) is 46.8 Å². The van der Waals surface area contributed by atoms with Gasteiger partial charge in [0, 0.05) is 11.7 Å². The molecule has 0 spiro atoms. The minimum atomic E-state index is 0.255. The average molecular weight is 217 g/mol. The van der Waals surface area contributed by atoms with E-state index in [1.807, 2.05) is 0 Å². The van der Waals surface area contributed by atoms with Gasteiger partial charge in [-0.2, -0.15) is 0 Å². The van der Waals surface area contributed by atoms with Crippen LogP contribution in [0.3, 0.4) is 0 Å². The first kappa shape index (κ1) is 11.5. The van der Waals surface area contributed by atoms with Gasteiger partial charge in [-0.25, -0.2) is 0 Å². The van der Waals surface area contributed by atoms with Crippen LogP contribution < -0.4 is 5.32 Å². The lowest BCUT2D eigenvalue weighted by molar-refractivity contribution is 0.537. The molecule has 1 atom stereocenters. The largest absolute Gasteiger partial charge is 0.381 e. The fourth-order valence-electron chi connectivity index (χ4n) is 2.26. The van der Waals surface area contributed by atoms with E-state index in [1.54, 1.807) is 0 Å². The van der Waals surface area contributed by atoms with Crippen LogP contribution in [-0.2, 0) is 11.8 Å². The van der Waals surface area contributed by atoms with E-state index in [0.29, 0.717) is 12.0 Å². The summed E-state index contributed by atoms with van der Waals surface area (Å²) in [5.41, 5.74) is 4.53. The summed E-state index contributed by atoms with van der Waals surface area (Å²) in [6.45, 7) is 11.4. The molecule has 0 bridgehead atoms. The van der Waals surface area contributed by atoms with Crippen LogP contribution in [0.25, 0.3) is 0 Å². The summed E-state index contributed by atoms with van der Waals surface area (Å²) in [5, 5.41) is 3.61.